The van der Waals surface area contributed by atoms with Crippen molar-refractivity contribution in [1.29, 1.82) is 0 Å². The van der Waals surface area contributed by atoms with Gasteiger partial charge in [0.25, 0.3) is 5.91 Å². The maximum Gasteiger partial charge on any atom is 0.289 e. The molecular formula is C20H32ClN3O3. The van der Waals surface area contributed by atoms with Crippen LogP contribution in [0.3, 0.4) is 0 Å². The molecule has 0 spiro atoms. The molecule has 2 unspecified atom stereocenters. The topological polar surface area (TPSA) is 79.8 Å². The van der Waals surface area contributed by atoms with E-state index in [1.807, 2.05) is 17.9 Å². The first-order valence-corrected chi connectivity index (χ1v) is 9.92. The van der Waals surface area contributed by atoms with Gasteiger partial charge >= 0.3 is 0 Å². The first kappa shape index (κ1) is 21.8. The van der Waals surface area contributed by atoms with Crippen molar-refractivity contribution in [3.63, 3.8) is 0 Å². The van der Waals surface area contributed by atoms with E-state index in [0.29, 0.717) is 31.3 Å². The molecule has 2 amide bonds. The van der Waals surface area contributed by atoms with Gasteiger partial charge in [-0.3, -0.25) is 9.59 Å². The van der Waals surface area contributed by atoms with Gasteiger partial charge in [-0.15, -0.1) is 12.4 Å². The summed E-state index contributed by atoms with van der Waals surface area (Å²) >= 11 is 0. The van der Waals surface area contributed by atoms with E-state index in [9.17, 15) is 9.59 Å². The summed E-state index contributed by atoms with van der Waals surface area (Å²) in [4.78, 5) is 29.3. The van der Waals surface area contributed by atoms with Gasteiger partial charge in [0.1, 0.15) is 5.76 Å². The average Bonchev–Trinajstić information content (AvgIpc) is 3.16. The summed E-state index contributed by atoms with van der Waals surface area (Å²) in [5, 5.41) is 0. The molecule has 2 fully saturated rings. The molecule has 0 saturated carbocycles. The Morgan fingerprint density at radius 1 is 1.19 bits per heavy atom. The van der Waals surface area contributed by atoms with Gasteiger partial charge in [0.05, 0.1) is 0 Å². The smallest absolute Gasteiger partial charge is 0.289 e. The lowest BCUT2D eigenvalue weighted by molar-refractivity contribution is -0.141. The van der Waals surface area contributed by atoms with Crippen LogP contribution < -0.4 is 5.73 Å². The molecule has 27 heavy (non-hydrogen) atoms. The predicted molar refractivity (Wildman–Crippen MR) is 107 cm³/mol. The number of halogens is 1. The van der Waals surface area contributed by atoms with Crippen molar-refractivity contribution in [2.45, 2.75) is 52.0 Å². The summed E-state index contributed by atoms with van der Waals surface area (Å²) in [6.45, 7) is 6.79. The molecule has 7 heteroatoms. The lowest BCUT2D eigenvalue weighted by atomic mass is 9.89. The van der Waals surface area contributed by atoms with E-state index in [2.05, 4.69) is 6.92 Å². The molecule has 6 nitrogen and oxygen atoms in total. The number of furan rings is 1. The van der Waals surface area contributed by atoms with Gasteiger partial charge in [-0.1, -0.05) is 13.8 Å². The normalized spacial score (nSPS) is 23.8. The fourth-order valence-corrected chi connectivity index (χ4v) is 4.17. The SMILES string of the molecule is CCc1ccc(C(=O)N2CCC(C(=O)N3CCC(C)CC3CN)CC2)o1.Cl. The molecule has 3 heterocycles. The molecule has 2 aliphatic rings. The third-order valence-electron chi connectivity index (χ3n) is 5.89. The summed E-state index contributed by atoms with van der Waals surface area (Å²) in [5.74, 6) is 2.02. The average molecular weight is 398 g/mol. The Hall–Kier alpha value is -1.53. The lowest BCUT2D eigenvalue weighted by Gasteiger charge is -2.41. The molecule has 3 rings (SSSR count). The van der Waals surface area contributed by atoms with Crippen LogP contribution in [0.1, 0.15) is 55.8 Å². The van der Waals surface area contributed by atoms with Gasteiger partial charge in [-0.05, 0) is 43.7 Å². The highest BCUT2D eigenvalue weighted by molar-refractivity contribution is 5.91. The molecule has 0 aromatic carbocycles. The monoisotopic (exact) mass is 397 g/mol. The molecule has 1 aromatic rings. The number of hydrogen-bond donors (Lipinski definition) is 1. The second kappa shape index (κ2) is 9.60. The number of amides is 2. The van der Waals surface area contributed by atoms with E-state index < -0.39 is 0 Å². The molecule has 0 radical (unpaired) electrons. The Labute approximate surface area is 167 Å². The van der Waals surface area contributed by atoms with Crippen molar-refractivity contribution >= 4 is 24.2 Å². The minimum Gasteiger partial charge on any atom is -0.456 e. The number of carbonyl (C=O) groups excluding carboxylic acids is 2. The minimum absolute atomic E-state index is 0. The maximum atomic E-state index is 13.0. The minimum atomic E-state index is -0.0674. The predicted octanol–water partition coefficient (Wildman–Crippen LogP) is 2.70. The third-order valence-corrected chi connectivity index (χ3v) is 5.89. The van der Waals surface area contributed by atoms with Crippen LogP contribution in [0.5, 0.6) is 0 Å². The number of carbonyl (C=O) groups is 2. The van der Waals surface area contributed by atoms with E-state index in [-0.39, 0.29) is 36.2 Å². The Balaban J connectivity index is 0.00000261. The van der Waals surface area contributed by atoms with Crippen LogP contribution in [-0.4, -0.2) is 53.8 Å². The number of nitrogens with two attached hydrogens (primary N) is 1. The highest BCUT2D eigenvalue weighted by Gasteiger charge is 2.35. The second-order valence-electron chi connectivity index (χ2n) is 7.74. The Bertz CT molecular complexity index is 640. The van der Waals surface area contributed by atoms with E-state index in [1.54, 1.807) is 11.0 Å². The number of piperidine rings is 2. The standard InChI is InChI=1S/C20H31N3O3.ClH/c1-3-17-4-5-18(26-17)20(25)22-9-7-15(8-10-22)19(24)23-11-6-14(2)12-16(23)13-21;/h4-5,14-16H,3,6-13,21H2,1-2H3;1H. The number of rotatable bonds is 4. The van der Waals surface area contributed by atoms with Gasteiger partial charge in [0.2, 0.25) is 5.91 Å². The summed E-state index contributed by atoms with van der Waals surface area (Å²) in [7, 11) is 0. The zero-order chi connectivity index (χ0) is 18.7. The molecule has 2 saturated heterocycles. The van der Waals surface area contributed by atoms with Gasteiger partial charge < -0.3 is 20.0 Å². The fourth-order valence-electron chi connectivity index (χ4n) is 4.17. The summed E-state index contributed by atoms with van der Waals surface area (Å²) in [5.41, 5.74) is 5.91. The summed E-state index contributed by atoms with van der Waals surface area (Å²) in [6.07, 6.45) is 4.26. The lowest BCUT2D eigenvalue weighted by Crippen LogP contribution is -2.52. The fraction of sp³-hybridized carbons (Fsp3) is 0.700. The van der Waals surface area contributed by atoms with Crippen molar-refractivity contribution in [1.82, 2.24) is 9.80 Å². The second-order valence-corrected chi connectivity index (χ2v) is 7.74. The third kappa shape index (κ3) is 4.85. The van der Waals surface area contributed by atoms with Crippen molar-refractivity contribution in [2.75, 3.05) is 26.2 Å². The first-order valence-electron chi connectivity index (χ1n) is 9.92. The highest BCUT2D eigenvalue weighted by Crippen LogP contribution is 2.27. The molecule has 2 atom stereocenters. The van der Waals surface area contributed by atoms with E-state index in [0.717, 1.165) is 44.4 Å². The highest BCUT2D eigenvalue weighted by atomic mass is 35.5. The van der Waals surface area contributed by atoms with Crippen molar-refractivity contribution in [3.8, 4) is 0 Å². The van der Waals surface area contributed by atoms with Crippen LogP contribution in [0.25, 0.3) is 0 Å². The van der Waals surface area contributed by atoms with Crippen molar-refractivity contribution < 1.29 is 14.0 Å². The zero-order valence-electron chi connectivity index (χ0n) is 16.4. The van der Waals surface area contributed by atoms with Gasteiger partial charge in [-0.25, -0.2) is 0 Å². The Kier molecular flexibility index (Phi) is 7.74. The molecule has 0 bridgehead atoms. The van der Waals surface area contributed by atoms with Crippen LogP contribution >= 0.6 is 12.4 Å². The van der Waals surface area contributed by atoms with E-state index >= 15 is 0 Å². The number of nitrogens with zero attached hydrogens (tertiary/aromatic N) is 2. The molecule has 152 valence electrons. The van der Waals surface area contributed by atoms with Crippen molar-refractivity contribution in [2.24, 2.45) is 17.6 Å². The zero-order valence-corrected chi connectivity index (χ0v) is 17.2. The van der Waals surface area contributed by atoms with Crippen LogP contribution in [0.2, 0.25) is 0 Å². The molecule has 2 N–H and O–H groups in total. The van der Waals surface area contributed by atoms with E-state index in [1.165, 1.54) is 0 Å². The molecule has 0 aliphatic carbocycles. The molecule has 2 aliphatic heterocycles. The number of hydrogen-bond acceptors (Lipinski definition) is 4. The maximum absolute atomic E-state index is 13.0. The number of aryl methyl sites for hydroxylation is 1. The number of likely N-dealkylation sites (tertiary alicyclic amines) is 2. The summed E-state index contributed by atoms with van der Waals surface area (Å²) in [6, 6.07) is 3.77. The quantitative estimate of drug-likeness (QED) is 0.847. The Morgan fingerprint density at radius 2 is 1.89 bits per heavy atom. The van der Waals surface area contributed by atoms with Crippen molar-refractivity contribution in [3.05, 3.63) is 23.7 Å². The largest absolute Gasteiger partial charge is 0.456 e. The van der Waals surface area contributed by atoms with Crippen LogP contribution in [0, 0.1) is 11.8 Å². The summed E-state index contributed by atoms with van der Waals surface area (Å²) < 4.78 is 5.58. The Morgan fingerprint density at radius 3 is 2.48 bits per heavy atom. The van der Waals surface area contributed by atoms with E-state index in [4.69, 9.17) is 10.2 Å². The van der Waals surface area contributed by atoms with Gasteiger partial charge in [0, 0.05) is 44.6 Å². The van der Waals surface area contributed by atoms with Crippen LogP contribution in [0.15, 0.2) is 16.5 Å². The first-order chi connectivity index (χ1) is 12.5. The van der Waals surface area contributed by atoms with Crippen LogP contribution in [0.4, 0.5) is 0 Å². The molecular weight excluding hydrogens is 366 g/mol. The van der Waals surface area contributed by atoms with Gasteiger partial charge in [0.15, 0.2) is 5.76 Å². The van der Waals surface area contributed by atoms with Crippen LogP contribution in [-0.2, 0) is 11.2 Å². The molecule has 1 aromatic heterocycles. The van der Waals surface area contributed by atoms with Gasteiger partial charge in [-0.2, -0.15) is 0 Å².